The fourth-order valence-electron chi connectivity index (χ4n) is 1.94. The van der Waals surface area contributed by atoms with Gasteiger partial charge in [0.05, 0.1) is 8.45 Å². The molecule has 0 atom stereocenters. The second-order valence-corrected chi connectivity index (χ2v) is 7.04. The maximum Gasteiger partial charge on any atom is 0.252 e. The number of likely N-dealkylation sites (tertiary alicyclic amines) is 1. The molecule has 98 valence electrons. The Morgan fingerprint density at radius 2 is 2.11 bits per heavy atom. The summed E-state index contributed by atoms with van der Waals surface area (Å²) in [5.74, 6) is 0.0519. The Balaban J connectivity index is 1.71. The topological polar surface area (TPSA) is 49.4 Å². The van der Waals surface area contributed by atoms with Crippen LogP contribution in [0.4, 0.5) is 0 Å². The van der Waals surface area contributed by atoms with Crippen LogP contribution in [0, 0.1) is 2.88 Å². The molecule has 2 amide bonds. The quantitative estimate of drug-likeness (QED) is 0.816. The van der Waals surface area contributed by atoms with Crippen molar-refractivity contribution in [3.63, 3.8) is 0 Å². The minimum atomic E-state index is -0.0941. The first-order valence-electron chi connectivity index (χ1n) is 5.97. The van der Waals surface area contributed by atoms with Gasteiger partial charge in [0.25, 0.3) is 5.91 Å². The van der Waals surface area contributed by atoms with Gasteiger partial charge in [0.15, 0.2) is 0 Å². The molecular weight excluding hydrogens is 363 g/mol. The van der Waals surface area contributed by atoms with E-state index in [2.05, 4.69) is 27.9 Å². The lowest BCUT2D eigenvalue weighted by atomic mass is 10.3. The highest BCUT2D eigenvalue weighted by molar-refractivity contribution is 14.1. The number of thiophene rings is 1. The Bertz CT molecular complexity index is 441. The van der Waals surface area contributed by atoms with E-state index in [0.29, 0.717) is 18.5 Å². The lowest BCUT2D eigenvalue weighted by Crippen LogP contribution is -2.32. The molecule has 0 spiro atoms. The first-order valence-corrected chi connectivity index (χ1v) is 7.92. The van der Waals surface area contributed by atoms with Crippen molar-refractivity contribution in [3.8, 4) is 0 Å². The summed E-state index contributed by atoms with van der Waals surface area (Å²) in [4.78, 5) is 25.3. The van der Waals surface area contributed by atoms with Crippen molar-refractivity contribution in [3.05, 3.63) is 19.9 Å². The zero-order valence-electron chi connectivity index (χ0n) is 9.95. The lowest BCUT2D eigenvalue weighted by molar-refractivity contribution is -0.129. The summed E-state index contributed by atoms with van der Waals surface area (Å²) in [6.07, 6.45) is 2.60. The normalized spacial score (nSPS) is 14.8. The molecule has 0 bridgehead atoms. The zero-order valence-corrected chi connectivity index (χ0v) is 12.9. The highest BCUT2D eigenvalue weighted by Gasteiger charge is 2.17. The highest BCUT2D eigenvalue weighted by atomic mass is 127. The number of halogens is 1. The van der Waals surface area contributed by atoms with Gasteiger partial charge in [-0.2, -0.15) is 0 Å². The van der Waals surface area contributed by atoms with E-state index in [9.17, 15) is 9.59 Å². The fraction of sp³-hybridized carbons (Fsp3) is 0.500. The average molecular weight is 378 g/mol. The number of nitrogens with zero attached hydrogens (tertiary/aromatic N) is 1. The smallest absolute Gasteiger partial charge is 0.252 e. The second kappa shape index (κ2) is 6.51. The van der Waals surface area contributed by atoms with Gasteiger partial charge >= 0.3 is 0 Å². The average Bonchev–Trinajstić information content (AvgIpc) is 2.99. The predicted octanol–water partition coefficient (Wildman–Crippen LogP) is 2.10. The summed E-state index contributed by atoms with van der Waals surface area (Å²) in [5, 5.41) is 4.62. The van der Waals surface area contributed by atoms with Crippen molar-refractivity contribution in [2.45, 2.75) is 19.3 Å². The van der Waals surface area contributed by atoms with E-state index < -0.39 is 0 Å². The molecule has 1 aliphatic rings. The van der Waals surface area contributed by atoms with E-state index >= 15 is 0 Å². The number of amides is 2. The third-order valence-electron chi connectivity index (χ3n) is 2.91. The van der Waals surface area contributed by atoms with Crippen molar-refractivity contribution in [1.82, 2.24) is 10.2 Å². The molecule has 2 rings (SSSR count). The largest absolute Gasteiger partial charge is 0.351 e. The van der Waals surface area contributed by atoms with Crippen LogP contribution in [0.25, 0.3) is 0 Å². The minimum Gasteiger partial charge on any atom is -0.351 e. The van der Waals surface area contributed by atoms with Gasteiger partial charge in [0.2, 0.25) is 5.91 Å². The Labute approximate surface area is 124 Å². The van der Waals surface area contributed by atoms with Crippen LogP contribution in [-0.2, 0) is 4.79 Å². The van der Waals surface area contributed by atoms with Gasteiger partial charge in [0.1, 0.15) is 0 Å². The standard InChI is InChI=1S/C12H15IN2O2S/c13-10-7-9(8-18-10)12(17)14-4-3-11(16)15-5-1-2-6-15/h7-8H,1-6H2,(H,14,17). The third-order valence-corrected chi connectivity index (χ3v) is 4.70. The molecule has 1 N–H and O–H groups in total. The number of carbonyl (C=O) groups excluding carboxylic acids is 2. The highest BCUT2D eigenvalue weighted by Crippen LogP contribution is 2.16. The Morgan fingerprint density at radius 3 is 2.72 bits per heavy atom. The van der Waals surface area contributed by atoms with Gasteiger partial charge in [0, 0.05) is 31.4 Å². The molecule has 0 radical (unpaired) electrons. The first kappa shape index (κ1) is 13.8. The van der Waals surface area contributed by atoms with Gasteiger partial charge in [-0.3, -0.25) is 9.59 Å². The van der Waals surface area contributed by atoms with Crippen LogP contribution < -0.4 is 5.32 Å². The summed E-state index contributed by atoms with van der Waals surface area (Å²) in [7, 11) is 0. The molecule has 2 heterocycles. The first-order chi connectivity index (χ1) is 8.66. The molecule has 6 heteroatoms. The predicted molar refractivity (Wildman–Crippen MR) is 79.8 cm³/mol. The monoisotopic (exact) mass is 378 g/mol. The second-order valence-electron chi connectivity index (χ2n) is 4.23. The van der Waals surface area contributed by atoms with Crippen LogP contribution in [0.5, 0.6) is 0 Å². The molecule has 4 nitrogen and oxygen atoms in total. The molecule has 1 fully saturated rings. The van der Waals surface area contributed by atoms with E-state index in [1.807, 2.05) is 16.3 Å². The van der Waals surface area contributed by atoms with Crippen LogP contribution in [0.1, 0.15) is 29.6 Å². The number of nitrogens with one attached hydrogen (secondary N) is 1. The van der Waals surface area contributed by atoms with Crippen molar-refractivity contribution < 1.29 is 9.59 Å². The summed E-state index contributed by atoms with van der Waals surface area (Å²) in [5.41, 5.74) is 0.679. The lowest BCUT2D eigenvalue weighted by Gasteiger charge is -2.14. The number of rotatable bonds is 4. The Kier molecular flexibility index (Phi) is 4.99. The van der Waals surface area contributed by atoms with Crippen LogP contribution >= 0.6 is 33.9 Å². The van der Waals surface area contributed by atoms with Crippen LogP contribution in [0.15, 0.2) is 11.4 Å². The molecule has 1 aliphatic heterocycles. The molecule has 18 heavy (non-hydrogen) atoms. The van der Waals surface area contributed by atoms with Gasteiger partial charge < -0.3 is 10.2 Å². The zero-order chi connectivity index (χ0) is 13.0. The van der Waals surface area contributed by atoms with E-state index in [-0.39, 0.29) is 11.8 Å². The van der Waals surface area contributed by atoms with Crippen molar-refractivity contribution in [2.75, 3.05) is 19.6 Å². The summed E-state index contributed by atoms with van der Waals surface area (Å²) in [6, 6.07) is 1.85. The Morgan fingerprint density at radius 1 is 1.39 bits per heavy atom. The molecule has 1 saturated heterocycles. The van der Waals surface area contributed by atoms with Gasteiger partial charge in [-0.05, 0) is 41.5 Å². The van der Waals surface area contributed by atoms with Crippen molar-refractivity contribution >= 4 is 45.7 Å². The molecule has 0 aliphatic carbocycles. The maximum absolute atomic E-state index is 11.7. The number of carbonyl (C=O) groups is 2. The van der Waals surface area contributed by atoms with Crippen molar-refractivity contribution in [2.24, 2.45) is 0 Å². The van der Waals surface area contributed by atoms with Gasteiger partial charge in [-0.25, -0.2) is 0 Å². The SMILES string of the molecule is O=C(NCCC(=O)N1CCCC1)c1csc(I)c1. The molecule has 1 aromatic rings. The fourth-order valence-corrected chi connectivity index (χ4v) is 3.27. The van der Waals surface area contributed by atoms with Gasteiger partial charge in [-0.1, -0.05) is 0 Å². The third kappa shape index (κ3) is 3.68. The van der Waals surface area contributed by atoms with Crippen molar-refractivity contribution in [1.29, 1.82) is 0 Å². The maximum atomic E-state index is 11.7. The van der Waals surface area contributed by atoms with E-state index in [1.165, 1.54) is 0 Å². The van der Waals surface area contributed by atoms with Crippen LogP contribution in [0.3, 0.4) is 0 Å². The van der Waals surface area contributed by atoms with Crippen LogP contribution in [0.2, 0.25) is 0 Å². The van der Waals surface area contributed by atoms with Crippen LogP contribution in [-0.4, -0.2) is 36.3 Å². The molecule has 0 aromatic carbocycles. The van der Waals surface area contributed by atoms with E-state index in [4.69, 9.17) is 0 Å². The van der Waals surface area contributed by atoms with E-state index in [1.54, 1.807) is 11.3 Å². The minimum absolute atomic E-state index is 0.0941. The molecule has 0 unspecified atom stereocenters. The van der Waals surface area contributed by atoms with Gasteiger partial charge in [-0.15, -0.1) is 11.3 Å². The van der Waals surface area contributed by atoms with E-state index in [0.717, 1.165) is 28.8 Å². The number of hydrogen-bond donors (Lipinski definition) is 1. The summed E-state index contributed by atoms with van der Waals surface area (Å²) in [6.45, 7) is 2.16. The molecular formula is C12H15IN2O2S. The molecule has 1 aromatic heterocycles. The summed E-state index contributed by atoms with van der Waals surface area (Å²) < 4.78 is 1.09. The molecule has 0 saturated carbocycles. The summed E-state index contributed by atoms with van der Waals surface area (Å²) >= 11 is 3.73. The number of hydrogen-bond acceptors (Lipinski definition) is 3. The Hall–Kier alpha value is -0.630.